The molecule has 1 heterocycles. The van der Waals surface area contributed by atoms with Gasteiger partial charge in [-0.2, -0.15) is 0 Å². The summed E-state index contributed by atoms with van der Waals surface area (Å²) in [6.07, 6.45) is 0. The molecule has 0 amide bonds. The largest absolute Gasteiger partial charge is 0.478 e. The third kappa shape index (κ3) is 2.84. The Labute approximate surface area is 130 Å². The van der Waals surface area contributed by atoms with Gasteiger partial charge in [-0.1, -0.05) is 18.2 Å². The number of carboxylic acids is 1. The molecule has 0 saturated carbocycles. The summed E-state index contributed by atoms with van der Waals surface area (Å²) in [6.45, 7) is 2.05. The molecule has 3 rings (SSSR count). The zero-order valence-corrected chi connectivity index (χ0v) is 12.7. The first kappa shape index (κ1) is 14.2. The van der Waals surface area contributed by atoms with E-state index in [2.05, 4.69) is 20.8 Å². The van der Waals surface area contributed by atoms with E-state index in [4.69, 9.17) is 5.11 Å². The second-order valence-corrected chi connectivity index (χ2v) is 5.94. The summed E-state index contributed by atoms with van der Waals surface area (Å²) in [4.78, 5) is 13.2. The number of carboxylic acid groups (broad SMARTS) is 1. The molecule has 0 bridgehead atoms. The summed E-state index contributed by atoms with van der Waals surface area (Å²) in [5, 5.41) is 9.02. The molecule has 21 heavy (non-hydrogen) atoms. The maximum Gasteiger partial charge on any atom is 0.335 e. The second-order valence-electron chi connectivity index (χ2n) is 5.15. The molecule has 1 aliphatic heterocycles. The van der Waals surface area contributed by atoms with Gasteiger partial charge in [0, 0.05) is 19.6 Å². The minimum Gasteiger partial charge on any atom is -0.478 e. The maximum atomic E-state index is 13.5. The van der Waals surface area contributed by atoms with Crippen molar-refractivity contribution in [3.05, 3.63) is 68.9 Å². The lowest BCUT2D eigenvalue weighted by molar-refractivity contribution is 0.0696. The third-order valence-corrected chi connectivity index (χ3v) is 4.55. The summed E-state index contributed by atoms with van der Waals surface area (Å²) in [6, 6.07) is 10.2. The number of benzene rings is 2. The average Bonchev–Trinajstić information content (AvgIpc) is 2.85. The molecule has 0 aliphatic carbocycles. The number of hydrogen-bond donors (Lipinski definition) is 1. The van der Waals surface area contributed by atoms with Gasteiger partial charge in [-0.15, -0.1) is 0 Å². The van der Waals surface area contributed by atoms with E-state index in [0.29, 0.717) is 23.1 Å². The SMILES string of the molecule is O=C(O)c1ccc2c(c1)CN(Cc1cccc(F)c1Br)C2. The van der Waals surface area contributed by atoms with E-state index >= 15 is 0 Å². The second kappa shape index (κ2) is 5.58. The minimum absolute atomic E-state index is 0.266. The molecule has 5 heteroatoms. The highest BCUT2D eigenvalue weighted by Gasteiger charge is 2.21. The summed E-state index contributed by atoms with van der Waals surface area (Å²) >= 11 is 3.27. The van der Waals surface area contributed by atoms with Crippen LogP contribution in [-0.2, 0) is 19.6 Å². The van der Waals surface area contributed by atoms with Crippen molar-refractivity contribution >= 4 is 21.9 Å². The van der Waals surface area contributed by atoms with Crippen molar-refractivity contribution in [1.82, 2.24) is 4.90 Å². The van der Waals surface area contributed by atoms with Crippen LogP contribution in [0.3, 0.4) is 0 Å². The van der Waals surface area contributed by atoms with Gasteiger partial charge >= 0.3 is 5.97 Å². The Bertz CT molecular complexity index is 717. The molecular formula is C16H13BrFNO2. The van der Waals surface area contributed by atoms with E-state index in [1.807, 2.05) is 12.1 Å². The van der Waals surface area contributed by atoms with Crippen LogP contribution in [0.4, 0.5) is 4.39 Å². The topological polar surface area (TPSA) is 40.5 Å². The van der Waals surface area contributed by atoms with Crippen LogP contribution in [0.25, 0.3) is 0 Å². The number of aromatic carboxylic acids is 1. The number of carbonyl (C=O) groups is 1. The van der Waals surface area contributed by atoms with E-state index in [1.165, 1.54) is 6.07 Å². The van der Waals surface area contributed by atoms with Crippen LogP contribution in [0, 0.1) is 5.82 Å². The molecule has 0 spiro atoms. The van der Waals surface area contributed by atoms with Gasteiger partial charge < -0.3 is 5.11 Å². The lowest BCUT2D eigenvalue weighted by atomic mass is 10.1. The number of nitrogens with zero attached hydrogens (tertiary/aromatic N) is 1. The smallest absolute Gasteiger partial charge is 0.335 e. The highest BCUT2D eigenvalue weighted by atomic mass is 79.9. The van der Waals surface area contributed by atoms with Crippen LogP contribution >= 0.6 is 15.9 Å². The van der Waals surface area contributed by atoms with Gasteiger partial charge in [0.15, 0.2) is 0 Å². The standard InChI is InChI=1S/C16H13BrFNO2/c17-15-12(2-1-3-14(15)18)8-19-7-11-5-4-10(16(20)21)6-13(11)9-19/h1-6H,7-9H2,(H,20,21). The van der Waals surface area contributed by atoms with E-state index < -0.39 is 5.97 Å². The van der Waals surface area contributed by atoms with Gasteiger partial charge in [-0.25, -0.2) is 9.18 Å². The molecule has 0 unspecified atom stereocenters. The fourth-order valence-corrected chi connectivity index (χ4v) is 3.01. The molecule has 0 atom stereocenters. The number of hydrogen-bond acceptors (Lipinski definition) is 2. The predicted molar refractivity (Wildman–Crippen MR) is 80.5 cm³/mol. The fraction of sp³-hybridized carbons (Fsp3) is 0.188. The van der Waals surface area contributed by atoms with Gasteiger partial charge in [0.05, 0.1) is 10.0 Å². The number of fused-ring (bicyclic) bond motifs is 1. The first-order valence-electron chi connectivity index (χ1n) is 6.55. The van der Waals surface area contributed by atoms with Crippen LogP contribution in [0.15, 0.2) is 40.9 Å². The zero-order valence-electron chi connectivity index (χ0n) is 11.1. The van der Waals surface area contributed by atoms with Crippen LogP contribution in [-0.4, -0.2) is 16.0 Å². The zero-order chi connectivity index (χ0) is 15.0. The molecule has 3 nitrogen and oxygen atoms in total. The highest BCUT2D eigenvalue weighted by Crippen LogP contribution is 2.28. The molecule has 0 saturated heterocycles. The van der Waals surface area contributed by atoms with Gasteiger partial charge in [0.25, 0.3) is 0 Å². The van der Waals surface area contributed by atoms with Gasteiger partial charge in [0.2, 0.25) is 0 Å². The Morgan fingerprint density at radius 1 is 1.24 bits per heavy atom. The van der Waals surface area contributed by atoms with E-state index in [0.717, 1.165) is 23.2 Å². The Morgan fingerprint density at radius 2 is 2.00 bits per heavy atom. The fourth-order valence-electron chi connectivity index (χ4n) is 2.62. The Hall–Kier alpha value is -1.72. The monoisotopic (exact) mass is 349 g/mol. The lowest BCUT2D eigenvalue weighted by Crippen LogP contribution is -2.16. The number of halogens is 2. The van der Waals surface area contributed by atoms with Gasteiger partial charge in [-0.3, -0.25) is 4.90 Å². The lowest BCUT2D eigenvalue weighted by Gasteiger charge is -2.16. The quantitative estimate of drug-likeness (QED) is 0.915. The van der Waals surface area contributed by atoms with Gasteiger partial charge in [0.1, 0.15) is 5.82 Å². The van der Waals surface area contributed by atoms with Crippen molar-refractivity contribution in [1.29, 1.82) is 0 Å². The van der Waals surface area contributed by atoms with Crippen molar-refractivity contribution in [2.24, 2.45) is 0 Å². The molecule has 2 aromatic carbocycles. The highest BCUT2D eigenvalue weighted by molar-refractivity contribution is 9.10. The van der Waals surface area contributed by atoms with E-state index in [9.17, 15) is 9.18 Å². The van der Waals surface area contributed by atoms with Crippen molar-refractivity contribution in [3.63, 3.8) is 0 Å². The molecule has 1 aliphatic rings. The summed E-state index contributed by atoms with van der Waals surface area (Å²) < 4.78 is 14.0. The van der Waals surface area contributed by atoms with Crippen molar-refractivity contribution in [3.8, 4) is 0 Å². The van der Waals surface area contributed by atoms with Crippen molar-refractivity contribution < 1.29 is 14.3 Å². The molecule has 108 valence electrons. The third-order valence-electron chi connectivity index (χ3n) is 3.67. The van der Waals surface area contributed by atoms with Crippen molar-refractivity contribution in [2.45, 2.75) is 19.6 Å². The number of rotatable bonds is 3. The van der Waals surface area contributed by atoms with Crippen LogP contribution in [0.1, 0.15) is 27.0 Å². The average molecular weight is 350 g/mol. The predicted octanol–water partition coefficient (Wildman–Crippen LogP) is 3.80. The Kier molecular flexibility index (Phi) is 3.78. The molecular weight excluding hydrogens is 337 g/mol. The maximum absolute atomic E-state index is 13.5. The first-order chi connectivity index (χ1) is 10.0. The summed E-state index contributed by atoms with van der Waals surface area (Å²) in [5.41, 5.74) is 3.36. The Morgan fingerprint density at radius 3 is 2.76 bits per heavy atom. The summed E-state index contributed by atoms with van der Waals surface area (Å²) in [5.74, 6) is -1.18. The van der Waals surface area contributed by atoms with Crippen LogP contribution < -0.4 is 0 Å². The summed E-state index contributed by atoms with van der Waals surface area (Å²) in [7, 11) is 0. The van der Waals surface area contributed by atoms with Crippen LogP contribution in [0.2, 0.25) is 0 Å². The van der Waals surface area contributed by atoms with E-state index in [1.54, 1.807) is 18.2 Å². The van der Waals surface area contributed by atoms with Gasteiger partial charge in [-0.05, 0) is 50.8 Å². The van der Waals surface area contributed by atoms with Crippen molar-refractivity contribution in [2.75, 3.05) is 0 Å². The Balaban J connectivity index is 1.79. The molecule has 0 radical (unpaired) electrons. The van der Waals surface area contributed by atoms with Crippen LogP contribution in [0.5, 0.6) is 0 Å². The molecule has 1 N–H and O–H groups in total. The van der Waals surface area contributed by atoms with E-state index in [-0.39, 0.29) is 5.82 Å². The normalized spacial score (nSPS) is 14.2. The minimum atomic E-state index is -0.913. The molecule has 0 fully saturated rings. The first-order valence-corrected chi connectivity index (χ1v) is 7.34. The molecule has 2 aromatic rings. The molecule has 0 aromatic heterocycles.